The van der Waals surface area contributed by atoms with Gasteiger partial charge in [-0.1, -0.05) is 30.3 Å². The molecule has 1 aliphatic carbocycles. The van der Waals surface area contributed by atoms with Gasteiger partial charge in [0.15, 0.2) is 0 Å². The molecular weight excluding hydrogens is 358 g/mol. The molecule has 0 radical (unpaired) electrons. The normalized spacial score (nSPS) is 12.0. The van der Waals surface area contributed by atoms with Crippen LogP contribution in [-0.2, 0) is 26.0 Å². The maximum Gasteiger partial charge on any atom is 2.00 e. The second-order valence-electron chi connectivity index (χ2n) is 4.26. The Morgan fingerprint density at radius 3 is 2.29 bits per heavy atom. The minimum atomic E-state index is 0. The third-order valence-corrected chi connectivity index (χ3v) is 3.06. The zero-order valence-corrected chi connectivity index (χ0v) is 16.5. The minimum absolute atomic E-state index is 0. The maximum absolute atomic E-state index is 8.70. The smallest absolute Gasteiger partial charge is 1.00 e. The SMILES string of the molecule is CCN(Cc1ccccc1)C1=CCC(=[N+]=[N-])C=C1.[Cl-].[Cl-].[Zn+2]. The van der Waals surface area contributed by atoms with Crippen LogP contribution in [0.2, 0.25) is 0 Å². The number of rotatable bonds is 4. The molecule has 0 amide bonds. The number of likely N-dealkylation sites (N-methyl/N-ethyl adjacent to an activating group) is 1. The number of halogens is 2. The minimum Gasteiger partial charge on any atom is -1.00 e. The summed E-state index contributed by atoms with van der Waals surface area (Å²) in [6.07, 6.45) is 6.66. The van der Waals surface area contributed by atoms with Gasteiger partial charge in [0, 0.05) is 24.9 Å². The van der Waals surface area contributed by atoms with E-state index in [-0.39, 0.29) is 44.3 Å². The molecule has 2 rings (SSSR count). The summed E-state index contributed by atoms with van der Waals surface area (Å²) >= 11 is 0. The Balaban J connectivity index is 0. The summed E-state index contributed by atoms with van der Waals surface area (Å²) in [6.45, 7) is 4.00. The van der Waals surface area contributed by atoms with Gasteiger partial charge >= 0.3 is 19.5 Å². The molecule has 0 fully saturated rings. The molecule has 108 valence electrons. The fourth-order valence-electron chi connectivity index (χ4n) is 2.02. The van der Waals surface area contributed by atoms with Crippen LogP contribution in [0.15, 0.2) is 54.3 Å². The quantitative estimate of drug-likeness (QED) is 0.315. The van der Waals surface area contributed by atoms with E-state index in [1.54, 1.807) is 0 Å². The van der Waals surface area contributed by atoms with E-state index >= 15 is 0 Å². The summed E-state index contributed by atoms with van der Waals surface area (Å²) in [7, 11) is 0. The fourth-order valence-corrected chi connectivity index (χ4v) is 2.02. The van der Waals surface area contributed by atoms with Crippen LogP contribution in [-0.4, -0.2) is 21.9 Å². The van der Waals surface area contributed by atoms with Crippen LogP contribution < -0.4 is 24.8 Å². The molecule has 0 bridgehead atoms. The van der Waals surface area contributed by atoms with Gasteiger partial charge in [0.05, 0.1) is 6.42 Å². The molecule has 0 aromatic heterocycles. The summed E-state index contributed by atoms with van der Waals surface area (Å²) in [5.74, 6) is 0. The third kappa shape index (κ3) is 6.58. The van der Waals surface area contributed by atoms with E-state index in [1.165, 1.54) is 11.3 Å². The molecule has 1 aliphatic rings. The van der Waals surface area contributed by atoms with Crippen molar-refractivity contribution in [2.45, 2.75) is 19.9 Å². The number of hydrogen-bond acceptors (Lipinski definition) is 1. The molecule has 0 saturated heterocycles. The van der Waals surface area contributed by atoms with Gasteiger partial charge in [-0.2, -0.15) is 4.79 Å². The first-order valence-electron chi connectivity index (χ1n) is 6.21. The van der Waals surface area contributed by atoms with Crippen LogP contribution in [0.5, 0.6) is 0 Å². The Labute approximate surface area is 151 Å². The van der Waals surface area contributed by atoms with E-state index in [0.717, 1.165) is 13.1 Å². The summed E-state index contributed by atoms with van der Waals surface area (Å²) < 4.78 is 0. The number of hydrogen-bond donors (Lipinski definition) is 0. The van der Waals surface area contributed by atoms with Gasteiger partial charge in [-0.15, -0.1) is 0 Å². The summed E-state index contributed by atoms with van der Waals surface area (Å²) in [4.78, 5) is 5.52. The maximum atomic E-state index is 8.70. The molecule has 0 aliphatic heterocycles. The van der Waals surface area contributed by atoms with E-state index in [2.05, 4.69) is 47.0 Å². The van der Waals surface area contributed by atoms with Gasteiger partial charge in [-0.3, -0.25) is 0 Å². The summed E-state index contributed by atoms with van der Waals surface area (Å²) in [5, 5.41) is 0. The molecule has 6 heteroatoms. The van der Waals surface area contributed by atoms with Crippen LogP contribution in [0.25, 0.3) is 5.53 Å². The van der Waals surface area contributed by atoms with E-state index in [9.17, 15) is 0 Å². The van der Waals surface area contributed by atoms with Crippen molar-refractivity contribution in [1.82, 2.24) is 4.90 Å². The molecule has 3 nitrogen and oxygen atoms in total. The molecule has 21 heavy (non-hydrogen) atoms. The van der Waals surface area contributed by atoms with Gasteiger partial charge in [0.2, 0.25) is 0 Å². The van der Waals surface area contributed by atoms with E-state index < -0.39 is 0 Å². The zero-order chi connectivity index (χ0) is 12.8. The monoisotopic (exact) mass is 373 g/mol. The largest absolute Gasteiger partial charge is 2.00 e. The molecule has 0 heterocycles. The number of benzene rings is 1. The van der Waals surface area contributed by atoms with Gasteiger partial charge < -0.3 is 35.2 Å². The average Bonchev–Trinajstić information content (AvgIpc) is 2.46. The van der Waals surface area contributed by atoms with Crippen LogP contribution in [0.4, 0.5) is 0 Å². The molecule has 0 saturated carbocycles. The third-order valence-electron chi connectivity index (χ3n) is 3.06. The van der Waals surface area contributed by atoms with Gasteiger partial charge in [-0.05, 0) is 24.6 Å². The van der Waals surface area contributed by atoms with Gasteiger partial charge in [0.25, 0.3) is 5.71 Å². The van der Waals surface area contributed by atoms with E-state index in [0.29, 0.717) is 12.1 Å². The van der Waals surface area contributed by atoms with Crippen LogP contribution >= 0.6 is 0 Å². The second kappa shape index (κ2) is 11.7. The zero-order valence-electron chi connectivity index (χ0n) is 12.0. The molecule has 0 unspecified atom stereocenters. The van der Waals surface area contributed by atoms with Crippen molar-refractivity contribution in [3.05, 3.63) is 65.4 Å². The molecular formula is C15H17Cl2N3Zn. The molecule has 1 aromatic carbocycles. The average molecular weight is 376 g/mol. The Morgan fingerprint density at radius 1 is 1.14 bits per heavy atom. The van der Waals surface area contributed by atoms with Crippen molar-refractivity contribution in [1.29, 1.82) is 0 Å². The molecule has 0 N–H and O–H groups in total. The summed E-state index contributed by atoms with van der Waals surface area (Å²) in [5.41, 5.74) is 11.9. The molecule has 1 aromatic rings. The first-order valence-corrected chi connectivity index (χ1v) is 6.21. The second-order valence-corrected chi connectivity index (χ2v) is 4.26. The van der Waals surface area contributed by atoms with Crippen molar-refractivity contribution in [3.63, 3.8) is 0 Å². The van der Waals surface area contributed by atoms with Crippen LogP contribution in [0.3, 0.4) is 0 Å². The van der Waals surface area contributed by atoms with Gasteiger partial charge in [0.1, 0.15) is 0 Å². The number of nitrogens with zero attached hydrogens (tertiary/aromatic N) is 3. The van der Waals surface area contributed by atoms with Crippen molar-refractivity contribution in [3.8, 4) is 0 Å². The predicted molar refractivity (Wildman–Crippen MR) is 73.0 cm³/mol. The van der Waals surface area contributed by atoms with Crippen molar-refractivity contribution >= 4 is 5.71 Å². The predicted octanol–water partition coefficient (Wildman–Crippen LogP) is -2.97. The Morgan fingerprint density at radius 2 is 1.81 bits per heavy atom. The standard InChI is InChI=1S/C15H17N3.2ClH.Zn/c1-2-18(12-13-6-4-3-5-7-13)15-10-8-14(17-16)9-11-15;;;/h3-8,10-11H,2,9,12H2,1H3;2*1H;/q;;;+2/p-2. The summed E-state index contributed by atoms with van der Waals surface area (Å²) in [6, 6.07) is 10.4. The molecule has 0 spiro atoms. The Hall–Kier alpha value is -0.917. The topological polar surface area (TPSA) is 39.6 Å². The first-order chi connectivity index (χ1) is 8.83. The Kier molecular flexibility index (Phi) is 12.5. The van der Waals surface area contributed by atoms with Crippen LogP contribution in [0, 0.1) is 0 Å². The number of allylic oxidation sites excluding steroid dienone is 3. The van der Waals surface area contributed by atoms with E-state index in [1.807, 2.05) is 18.2 Å². The first kappa shape index (κ1) is 22.4. The van der Waals surface area contributed by atoms with Crippen LogP contribution in [0.1, 0.15) is 18.9 Å². The van der Waals surface area contributed by atoms with Crippen molar-refractivity contribution in [2.75, 3.05) is 6.54 Å². The van der Waals surface area contributed by atoms with E-state index in [4.69, 9.17) is 5.53 Å². The fraction of sp³-hybridized carbons (Fsp3) is 0.267. The molecule has 0 atom stereocenters. The van der Waals surface area contributed by atoms with Crippen molar-refractivity contribution in [2.24, 2.45) is 0 Å². The van der Waals surface area contributed by atoms with Gasteiger partial charge in [-0.25, -0.2) is 0 Å². The Bertz CT molecular complexity index is 523. The van der Waals surface area contributed by atoms with Crippen molar-refractivity contribution < 1.29 is 49.1 Å².